The maximum Gasteiger partial charge on any atom is 0.586 e. The van der Waals surface area contributed by atoms with E-state index in [2.05, 4.69) is 34.6 Å². The molecule has 3 aliphatic rings. The van der Waals surface area contributed by atoms with E-state index < -0.39 is 6.29 Å². The molecule has 3 aromatic rings. The maximum absolute atomic E-state index is 13.2. The van der Waals surface area contributed by atoms with Crippen molar-refractivity contribution in [2.45, 2.75) is 51.6 Å². The molecule has 10 heteroatoms. The Balaban J connectivity index is 1.17. The van der Waals surface area contributed by atoms with Gasteiger partial charge in [0.25, 0.3) is 0 Å². The number of ether oxygens (including phenoxy) is 2. The second-order valence-corrected chi connectivity index (χ2v) is 8.29. The van der Waals surface area contributed by atoms with Gasteiger partial charge in [-0.05, 0) is 37.5 Å². The zero-order valence-corrected chi connectivity index (χ0v) is 17.3. The van der Waals surface area contributed by atoms with E-state index >= 15 is 0 Å². The van der Waals surface area contributed by atoms with Crippen LogP contribution in [0.5, 0.6) is 11.5 Å². The number of nitrogens with one attached hydrogen (secondary N) is 1. The standard InChI is InChI=1S/C22H20F2N6O2/c1-12-27-19(25-8-13-2-5-17-18(6-13)32-22(23,24)31-17)7-20(28-12)30-10-15-9-26-21(14-3-4-14)29-16(15)11-30/h2,5-7,9,14H,3-4,8,10-11H2,1H3,(H,25,27,28). The molecule has 0 bridgehead atoms. The highest BCUT2D eigenvalue weighted by atomic mass is 19.3. The fraction of sp³-hybridized carbons (Fsp3) is 0.364. The molecule has 1 aliphatic carbocycles. The minimum atomic E-state index is -3.62. The van der Waals surface area contributed by atoms with Crippen molar-refractivity contribution >= 4 is 11.6 Å². The van der Waals surface area contributed by atoms with E-state index in [0.29, 0.717) is 37.2 Å². The van der Waals surface area contributed by atoms with E-state index in [9.17, 15) is 8.78 Å². The Kier molecular flexibility index (Phi) is 4.17. The normalized spacial score (nSPS) is 18.0. The number of benzene rings is 1. The molecular weight excluding hydrogens is 418 g/mol. The van der Waals surface area contributed by atoms with E-state index in [1.165, 1.54) is 25.0 Å². The van der Waals surface area contributed by atoms with Crippen LogP contribution in [0.1, 0.15) is 47.2 Å². The third-order valence-corrected chi connectivity index (χ3v) is 5.70. The second kappa shape index (κ2) is 6.98. The number of aromatic nitrogens is 4. The first-order valence-electron chi connectivity index (χ1n) is 10.5. The molecule has 2 aromatic heterocycles. The molecule has 32 heavy (non-hydrogen) atoms. The van der Waals surface area contributed by atoms with Gasteiger partial charge in [-0.3, -0.25) is 0 Å². The summed E-state index contributed by atoms with van der Waals surface area (Å²) >= 11 is 0. The van der Waals surface area contributed by atoms with Crippen molar-refractivity contribution in [3.8, 4) is 11.5 Å². The zero-order chi connectivity index (χ0) is 21.9. The summed E-state index contributed by atoms with van der Waals surface area (Å²) in [6.45, 7) is 3.61. The monoisotopic (exact) mass is 438 g/mol. The van der Waals surface area contributed by atoms with Crippen molar-refractivity contribution in [2.75, 3.05) is 10.2 Å². The predicted molar refractivity (Wildman–Crippen MR) is 111 cm³/mol. The van der Waals surface area contributed by atoms with Crippen molar-refractivity contribution in [1.82, 2.24) is 19.9 Å². The summed E-state index contributed by atoms with van der Waals surface area (Å²) < 4.78 is 35.4. The first-order chi connectivity index (χ1) is 15.4. The van der Waals surface area contributed by atoms with Crippen LogP contribution in [-0.4, -0.2) is 26.2 Å². The Bertz CT molecular complexity index is 1220. The minimum absolute atomic E-state index is 0.0235. The summed E-state index contributed by atoms with van der Waals surface area (Å²) in [5.41, 5.74) is 2.95. The lowest BCUT2D eigenvalue weighted by Gasteiger charge is -2.18. The third kappa shape index (κ3) is 3.65. The van der Waals surface area contributed by atoms with E-state index in [0.717, 1.165) is 28.5 Å². The molecule has 0 atom stereocenters. The van der Waals surface area contributed by atoms with Crippen LogP contribution < -0.4 is 19.7 Å². The Morgan fingerprint density at radius 1 is 1.09 bits per heavy atom. The highest BCUT2D eigenvalue weighted by Gasteiger charge is 2.43. The number of anilines is 2. The highest BCUT2D eigenvalue weighted by Crippen LogP contribution is 2.41. The number of aryl methyl sites for hydroxylation is 1. The topological polar surface area (TPSA) is 85.3 Å². The van der Waals surface area contributed by atoms with Gasteiger partial charge in [0.15, 0.2) is 11.5 Å². The van der Waals surface area contributed by atoms with Crippen LogP contribution in [0.15, 0.2) is 30.5 Å². The van der Waals surface area contributed by atoms with Gasteiger partial charge in [-0.15, -0.1) is 8.78 Å². The quantitative estimate of drug-likeness (QED) is 0.642. The molecule has 0 unspecified atom stereocenters. The molecule has 8 nitrogen and oxygen atoms in total. The summed E-state index contributed by atoms with van der Waals surface area (Å²) in [5, 5.41) is 3.24. The SMILES string of the molecule is Cc1nc(NCc2ccc3c(c2)OC(F)(F)O3)cc(N2Cc3cnc(C4CC4)nc3C2)n1. The number of hydrogen-bond donors (Lipinski definition) is 1. The second-order valence-electron chi connectivity index (χ2n) is 8.29. The first kappa shape index (κ1) is 19.1. The fourth-order valence-corrected chi connectivity index (χ4v) is 3.97. The van der Waals surface area contributed by atoms with E-state index in [4.69, 9.17) is 4.98 Å². The molecule has 6 rings (SSSR count). The lowest BCUT2D eigenvalue weighted by molar-refractivity contribution is -0.286. The van der Waals surface area contributed by atoms with Crippen molar-refractivity contribution in [2.24, 2.45) is 0 Å². The van der Waals surface area contributed by atoms with Gasteiger partial charge in [-0.2, -0.15) is 0 Å². The average Bonchev–Trinajstić information content (AvgIpc) is 3.43. The average molecular weight is 438 g/mol. The van der Waals surface area contributed by atoms with Crippen LogP contribution in [0, 0.1) is 6.92 Å². The largest absolute Gasteiger partial charge is 0.586 e. The van der Waals surface area contributed by atoms with Crippen molar-refractivity contribution in [3.05, 3.63) is 58.9 Å². The molecule has 0 amide bonds. The maximum atomic E-state index is 13.2. The highest BCUT2D eigenvalue weighted by molar-refractivity contribution is 5.53. The van der Waals surface area contributed by atoms with Crippen molar-refractivity contribution < 1.29 is 18.3 Å². The number of hydrogen-bond acceptors (Lipinski definition) is 8. The summed E-state index contributed by atoms with van der Waals surface area (Å²) in [6, 6.07) is 6.60. The van der Waals surface area contributed by atoms with Crippen LogP contribution in [0.3, 0.4) is 0 Å². The summed E-state index contributed by atoms with van der Waals surface area (Å²) in [5.74, 6) is 3.61. The van der Waals surface area contributed by atoms with E-state index in [1.807, 2.05) is 19.2 Å². The molecule has 1 N–H and O–H groups in total. The summed E-state index contributed by atoms with van der Waals surface area (Å²) in [6.07, 6.45) is 0.666. The van der Waals surface area contributed by atoms with Gasteiger partial charge in [0.05, 0.1) is 12.2 Å². The molecule has 0 radical (unpaired) electrons. The van der Waals surface area contributed by atoms with E-state index in [1.54, 1.807) is 6.07 Å². The predicted octanol–water partition coefficient (Wildman–Crippen LogP) is 3.91. The minimum Gasteiger partial charge on any atom is -0.395 e. The zero-order valence-electron chi connectivity index (χ0n) is 17.3. The lowest BCUT2D eigenvalue weighted by Crippen LogP contribution is -2.25. The molecule has 164 valence electrons. The Morgan fingerprint density at radius 3 is 2.78 bits per heavy atom. The van der Waals surface area contributed by atoms with Gasteiger partial charge in [0, 0.05) is 36.8 Å². The van der Waals surface area contributed by atoms with Crippen LogP contribution in [0.25, 0.3) is 0 Å². The summed E-state index contributed by atoms with van der Waals surface area (Å²) in [4.78, 5) is 20.5. The number of halogens is 2. The smallest absolute Gasteiger partial charge is 0.395 e. The molecule has 2 aliphatic heterocycles. The van der Waals surface area contributed by atoms with Crippen LogP contribution in [-0.2, 0) is 19.6 Å². The van der Waals surface area contributed by atoms with Gasteiger partial charge < -0.3 is 19.7 Å². The van der Waals surface area contributed by atoms with Gasteiger partial charge >= 0.3 is 6.29 Å². The van der Waals surface area contributed by atoms with Crippen molar-refractivity contribution in [1.29, 1.82) is 0 Å². The van der Waals surface area contributed by atoms with Crippen LogP contribution in [0.4, 0.5) is 20.4 Å². The molecule has 1 aromatic carbocycles. The van der Waals surface area contributed by atoms with E-state index in [-0.39, 0.29) is 11.5 Å². The van der Waals surface area contributed by atoms with Gasteiger partial charge in [-0.25, -0.2) is 19.9 Å². The van der Waals surface area contributed by atoms with Crippen LogP contribution in [0.2, 0.25) is 0 Å². The molecule has 0 spiro atoms. The molecule has 0 saturated heterocycles. The Hall–Kier alpha value is -3.56. The number of alkyl halides is 2. The number of rotatable bonds is 5. The molecule has 4 heterocycles. The summed E-state index contributed by atoms with van der Waals surface area (Å²) in [7, 11) is 0. The van der Waals surface area contributed by atoms with Crippen molar-refractivity contribution in [3.63, 3.8) is 0 Å². The number of fused-ring (bicyclic) bond motifs is 2. The first-order valence-corrected chi connectivity index (χ1v) is 10.5. The fourth-order valence-electron chi connectivity index (χ4n) is 3.97. The molecule has 1 saturated carbocycles. The molecule has 1 fully saturated rings. The van der Waals surface area contributed by atoms with Gasteiger partial charge in [-0.1, -0.05) is 6.07 Å². The van der Waals surface area contributed by atoms with Gasteiger partial charge in [0.2, 0.25) is 0 Å². The third-order valence-electron chi connectivity index (χ3n) is 5.70. The Labute approximate surface area is 182 Å². The van der Waals surface area contributed by atoms with Gasteiger partial charge in [0.1, 0.15) is 23.3 Å². The van der Waals surface area contributed by atoms with Crippen LogP contribution >= 0.6 is 0 Å². The number of nitrogens with zero attached hydrogens (tertiary/aromatic N) is 5. The lowest BCUT2D eigenvalue weighted by atomic mass is 10.2. The molecular formula is C22H20F2N6O2. The Morgan fingerprint density at radius 2 is 1.94 bits per heavy atom.